The molecule has 1 amide bonds. The monoisotopic (exact) mass is 285 g/mol. The van der Waals surface area contributed by atoms with Crippen molar-refractivity contribution in [2.45, 2.75) is 31.7 Å². The Kier molecular flexibility index (Phi) is 3.64. The Morgan fingerprint density at radius 1 is 1.29 bits per heavy atom. The van der Waals surface area contributed by atoms with Crippen LogP contribution in [0.3, 0.4) is 0 Å². The molecule has 1 heterocycles. The summed E-state index contributed by atoms with van der Waals surface area (Å²) >= 11 is 0. The van der Waals surface area contributed by atoms with Crippen LogP contribution in [0.25, 0.3) is 0 Å². The summed E-state index contributed by atoms with van der Waals surface area (Å²) < 4.78 is 13.7. The lowest BCUT2D eigenvalue weighted by molar-refractivity contribution is 0.0903. The highest BCUT2D eigenvalue weighted by molar-refractivity contribution is 5.92. The number of nitrogens with one attached hydrogen (secondary N) is 1. The molecule has 0 spiro atoms. The third kappa shape index (κ3) is 2.91. The van der Waals surface area contributed by atoms with Gasteiger partial charge in [0.25, 0.3) is 5.91 Å². The van der Waals surface area contributed by atoms with Crippen molar-refractivity contribution < 1.29 is 9.18 Å². The number of aryl methyl sites for hydroxylation is 1. The molecule has 5 heteroatoms. The highest BCUT2D eigenvalue weighted by Gasteiger charge is 2.33. The van der Waals surface area contributed by atoms with Gasteiger partial charge in [-0.3, -0.25) is 4.79 Å². The van der Waals surface area contributed by atoms with Crippen LogP contribution in [-0.4, -0.2) is 21.9 Å². The van der Waals surface area contributed by atoms with E-state index in [9.17, 15) is 9.18 Å². The highest BCUT2D eigenvalue weighted by atomic mass is 19.1. The molecular weight excluding hydrogens is 269 g/mol. The van der Waals surface area contributed by atoms with Gasteiger partial charge in [0.15, 0.2) is 0 Å². The molecule has 1 aromatic carbocycles. The average Bonchev–Trinajstić information content (AvgIpc) is 2.43. The number of hydrogen-bond donors (Lipinski definition) is 1. The molecule has 0 unspecified atom stereocenters. The van der Waals surface area contributed by atoms with Crippen LogP contribution in [0.5, 0.6) is 0 Å². The van der Waals surface area contributed by atoms with Crippen molar-refractivity contribution in [2.75, 3.05) is 0 Å². The third-order valence-corrected chi connectivity index (χ3v) is 3.83. The van der Waals surface area contributed by atoms with Gasteiger partial charge < -0.3 is 5.32 Å². The zero-order valence-electron chi connectivity index (χ0n) is 11.7. The molecule has 21 heavy (non-hydrogen) atoms. The van der Waals surface area contributed by atoms with Crippen molar-refractivity contribution in [3.05, 3.63) is 59.4 Å². The predicted octanol–water partition coefficient (Wildman–Crippen LogP) is 2.60. The fourth-order valence-electron chi connectivity index (χ4n) is 2.64. The highest BCUT2D eigenvalue weighted by Crippen LogP contribution is 2.37. The fraction of sp³-hybridized carbons (Fsp3) is 0.312. The minimum atomic E-state index is -0.197. The molecule has 0 aliphatic heterocycles. The molecule has 1 fully saturated rings. The Morgan fingerprint density at radius 3 is 2.76 bits per heavy atom. The van der Waals surface area contributed by atoms with Gasteiger partial charge in [-0.25, -0.2) is 14.4 Å². The van der Waals surface area contributed by atoms with Gasteiger partial charge in [0, 0.05) is 12.2 Å². The van der Waals surface area contributed by atoms with Crippen molar-refractivity contribution in [3.63, 3.8) is 0 Å². The molecular formula is C16H16FN3O. The second-order valence-corrected chi connectivity index (χ2v) is 5.35. The number of amides is 1. The first-order valence-electron chi connectivity index (χ1n) is 6.98. The maximum Gasteiger partial charge on any atom is 0.270 e. The Bertz CT molecular complexity index is 668. The van der Waals surface area contributed by atoms with E-state index in [0.29, 0.717) is 11.5 Å². The molecule has 108 valence electrons. The van der Waals surface area contributed by atoms with Crippen molar-refractivity contribution in [2.24, 2.45) is 0 Å². The molecule has 1 aromatic heterocycles. The summed E-state index contributed by atoms with van der Waals surface area (Å²) in [6.07, 6.45) is 3.09. The number of benzene rings is 1. The van der Waals surface area contributed by atoms with Crippen LogP contribution in [0.4, 0.5) is 4.39 Å². The molecule has 0 saturated heterocycles. The molecule has 3 rings (SSSR count). The van der Waals surface area contributed by atoms with E-state index in [1.807, 2.05) is 12.1 Å². The van der Waals surface area contributed by atoms with E-state index < -0.39 is 0 Å². The van der Waals surface area contributed by atoms with Gasteiger partial charge in [0.2, 0.25) is 0 Å². The number of nitrogens with zero attached hydrogens (tertiary/aromatic N) is 2. The van der Waals surface area contributed by atoms with E-state index in [0.717, 1.165) is 18.4 Å². The van der Waals surface area contributed by atoms with Gasteiger partial charge in [-0.1, -0.05) is 18.2 Å². The lowest BCUT2D eigenvalue weighted by Crippen LogP contribution is -2.43. The number of rotatable bonds is 3. The summed E-state index contributed by atoms with van der Waals surface area (Å²) in [6.45, 7) is 1.74. The van der Waals surface area contributed by atoms with Gasteiger partial charge in [-0.05, 0) is 43.4 Å². The Morgan fingerprint density at radius 2 is 2.05 bits per heavy atom. The largest absolute Gasteiger partial charge is 0.348 e. The van der Waals surface area contributed by atoms with Crippen LogP contribution in [0, 0.1) is 12.7 Å². The number of aromatic nitrogens is 2. The zero-order valence-corrected chi connectivity index (χ0v) is 11.7. The van der Waals surface area contributed by atoms with Gasteiger partial charge in [-0.2, -0.15) is 0 Å². The van der Waals surface area contributed by atoms with Crippen LogP contribution in [0.2, 0.25) is 0 Å². The van der Waals surface area contributed by atoms with E-state index in [-0.39, 0.29) is 23.7 Å². The molecule has 2 aromatic rings. The Hall–Kier alpha value is -2.30. The normalized spacial score (nSPS) is 20.7. The van der Waals surface area contributed by atoms with E-state index >= 15 is 0 Å². The topological polar surface area (TPSA) is 54.9 Å². The van der Waals surface area contributed by atoms with Crippen molar-refractivity contribution in [1.29, 1.82) is 0 Å². The molecule has 1 saturated carbocycles. The van der Waals surface area contributed by atoms with Crippen LogP contribution in [-0.2, 0) is 0 Å². The Labute approximate surface area is 122 Å². The molecule has 0 radical (unpaired) electrons. The van der Waals surface area contributed by atoms with Crippen molar-refractivity contribution >= 4 is 5.91 Å². The smallest absolute Gasteiger partial charge is 0.270 e. The van der Waals surface area contributed by atoms with Crippen molar-refractivity contribution in [3.8, 4) is 0 Å². The number of hydrogen-bond acceptors (Lipinski definition) is 3. The number of carbonyl (C=O) groups is 1. The summed E-state index contributed by atoms with van der Waals surface area (Å²) in [5.74, 6) is 0.389. The molecule has 1 N–H and O–H groups in total. The summed E-state index contributed by atoms with van der Waals surface area (Å²) in [4.78, 5) is 20.1. The summed E-state index contributed by atoms with van der Waals surface area (Å²) in [5.41, 5.74) is 1.11. The minimum absolute atomic E-state index is 0.0809. The SMILES string of the molecule is Cc1nccc(C(=O)NC2CC(c3ccccc3F)C2)n1. The summed E-state index contributed by atoms with van der Waals surface area (Å²) in [6, 6.07) is 8.49. The van der Waals surface area contributed by atoms with E-state index in [4.69, 9.17) is 0 Å². The van der Waals surface area contributed by atoms with Crippen LogP contribution < -0.4 is 5.32 Å². The predicted molar refractivity (Wildman–Crippen MR) is 76.4 cm³/mol. The molecule has 1 aliphatic rings. The zero-order chi connectivity index (χ0) is 14.8. The second kappa shape index (κ2) is 5.60. The van der Waals surface area contributed by atoms with Crippen molar-refractivity contribution in [1.82, 2.24) is 15.3 Å². The Balaban J connectivity index is 1.58. The van der Waals surface area contributed by atoms with Gasteiger partial charge in [0.05, 0.1) is 0 Å². The summed E-state index contributed by atoms with van der Waals surface area (Å²) in [7, 11) is 0. The third-order valence-electron chi connectivity index (χ3n) is 3.83. The molecule has 4 nitrogen and oxygen atoms in total. The minimum Gasteiger partial charge on any atom is -0.348 e. The van der Waals surface area contributed by atoms with E-state index in [1.165, 1.54) is 6.07 Å². The quantitative estimate of drug-likeness (QED) is 0.943. The molecule has 0 atom stereocenters. The number of carbonyl (C=O) groups excluding carboxylic acids is 1. The van der Waals surface area contributed by atoms with E-state index in [2.05, 4.69) is 15.3 Å². The van der Waals surface area contributed by atoms with Gasteiger partial charge in [0.1, 0.15) is 17.3 Å². The summed E-state index contributed by atoms with van der Waals surface area (Å²) in [5, 5.41) is 2.93. The van der Waals surface area contributed by atoms with Crippen LogP contribution >= 0.6 is 0 Å². The maximum absolute atomic E-state index is 13.7. The van der Waals surface area contributed by atoms with Gasteiger partial charge >= 0.3 is 0 Å². The van der Waals surface area contributed by atoms with Gasteiger partial charge in [-0.15, -0.1) is 0 Å². The molecule has 1 aliphatic carbocycles. The van der Waals surface area contributed by atoms with E-state index in [1.54, 1.807) is 25.3 Å². The first kappa shape index (κ1) is 13.7. The first-order chi connectivity index (χ1) is 10.1. The lowest BCUT2D eigenvalue weighted by Gasteiger charge is -2.36. The molecule has 0 bridgehead atoms. The average molecular weight is 285 g/mol. The van der Waals surface area contributed by atoms with Crippen LogP contribution in [0.1, 0.15) is 40.6 Å². The second-order valence-electron chi connectivity index (χ2n) is 5.35. The first-order valence-corrected chi connectivity index (χ1v) is 6.98. The standard InChI is InChI=1S/C16H16FN3O/c1-10-18-7-6-15(19-10)16(21)20-12-8-11(9-12)13-4-2-3-5-14(13)17/h2-7,11-12H,8-9H2,1H3,(H,20,21). The fourth-order valence-corrected chi connectivity index (χ4v) is 2.64. The number of halogens is 1. The lowest BCUT2D eigenvalue weighted by atomic mass is 9.75. The maximum atomic E-state index is 13.7. The van der Waals surface area contributed by atoms with Crippen LogP contribution in [0.15, 0.2) is 36.5 Å².